The maximum atomic E-state index is 13.3. The lowest BCUT2D eigenvalue weighted by molar-refractivity contribution is -0.121. The minimum atomic E-state index is -3.87. The van der Waals surface area contributed by atoms with Gasteiger partial charge in [0.2, 0.25) is 15.9 Å². The zero-order valence-electron chi connectivity index (χ0n) is 17.1. The van der Waals surface area contributed by atoms with Crippen LogP contribution in [0.25, 0.3) is 0 Å². The van der Waals surface area contributed by atoms with E-state index in [9.17, 15) is 13.2 Å². The number of carbonyl (C=O) groups is 1. The summed E-state index contributed by atoms with van der Waals surface area (Å²) in [5.74, 6) is -0.658. The largest absolute Gasteiger partial charge is 0.379 e. The number of nitrogens with zero attached hydrogens (tertiary/aromatic N) is 2. The number of unbranched alkanes of at least 4 members (excludes halogenated alkanes) is 2. The van der Waals surface area contributed by atoms with Gasteiger partial charge in [0.15, 0.2) is 0 Å². The molecule has 1 heterocycles. The molecule has 7 nitrogen and oxygen atoms in total. The quantitative estimate of drug-likeness (QED) is 0.377. The van der Waals surface area contributed by atoms with E-state index in [-0.39, 0.29) is 17.2 Å². The van der Waals surface area contributed by atoms with Crippen LogP contribution >= 0.6 is 12.6 Å². The third-order valence-corrected chi connectivity index (χ3v) is 7.46. The van der Waals surface area contributed by atoms with Crippen molar-refractivity contribution in [3.63, 3.8) is 0 Å². The van der Waals surface area contributed by atoms with Crippen LogP contribution in [0.15, 0.2) is 29.2 Å². The molecule has 164 valence electrons. The highest BCUT2D eigenvalue weighted by molar-refractivity contribution is 7.89. The number of nitrogens with two attached hydrogens (primary N) is 1. The molecule has 0 radical (unpaired) electrons. The van der Waals surface area contributed by atoms with E-state index in [1.165, 1.54) is 4.31 Å². The van der Waals surface area contributed by atoms with Gasteiger partial charge < -0.3 is 10.5 Å². The molecule has 1 aromatic rings. The molecule has 0 saturated carbocycles. The number of benzene rings is 1. The van der Waals surface area contributed by atoms with E-state index in [1.54, 1.807) is 12.1 Å². The van der Waals surface area contributed by atoms with Crippen molar-refractivity contribution in [1.82, 2.24) is 9.21 Å². The Kier molecular flexibility index (Phi) is 9.91. The SMILES string of the molecule is CCCCCc1ccc(S(=O)(=O)N(CCN2CCOCC2)[C@@H](CS)C(N)=O)cc1. The van der Waals surface area contributed by atoms with Crippen LogP contribution in [0.3, 0.4) is 0 Å². The summed E-state index contributed by atoms with van der Waals surface area (Å²) in [6.45, 7) is 5.56. The molecule has 1 aromatic carbocycles. The average molecular weight is 444 g/mol. The van der Waals surface area contributed by atoms with Gasteiger partial charge in [-0.05, 0) is 30.5 Å². The molecule has 1 aliphatic heterocycles. The molecule has 1 aliphatic rings. The fourth-order valence-electron chi connectivity index (χ4n) is 3.37. The van der Waals surface area contributed by atoms with Gasteiger partial charge in [0.1, 0.15) is 6.04 Å². The molecule has 1 amide bonds. The predicted octanol–water partition coefficient (Wildman–Crippen LogP) is 1.53. The van der Waals surface area contributed by atoms with Gasteiger partial charge in [-0.25, -0.2) is 8.42 Å². The summed E-state index contributed by atoms with van der Waals surface area (Å²) in [5, 5.41) is 0. The van der Waals surface area contributed by atoms with E-state index in [0.717, 1.165) is 44.3 Å². The van der Waals surface area contributed by atoms with Crippen molar-refractivity contribution in [2.45, 2.75) is 43.5 Å². The molecular weight excluding hydrogens is 410 g/mol. The van der Waals surface area contributed by atoms with Gasteiger partial charge in [-0.1, -0.05) is 31.9 Å². The second-order valence-corrected chi connectivity index (χ2v) is 9.53. The van der Waals surface area contributed by atoms with E-state index in [1.807, 2.05) is 12.1 Å². The van der Waals surface area contributed by atoms with E-state index in [4.69, 9.17) is 10.5 Å². The molecular formula is C20H33N3O4S2. The van der Waals surface area contributed by atoms with Crippen molar-refractivity contribution in [2.24, 2.45) is 5.73 Å². The summed E-state index contributed by atoms with van der Waals surface area (Å²) < 4.78 is 33.2. The molecule has 1 saturated heterocycles. The summed E-state index contributed by atoms with van der Waals surface area (Å²) in [6, 6.07) is 5.95. The average Bonchev–Trinajstić information content (AvgIpc) is 2.72. The smallest absolute Gasteiger partial charge is 0.243 e. The number of hydrogen-bond donors (Lipinski definition) is 2. The Labute approximate surface area is 180 Å². The van der Waals surface area contributed by atoms with E-state index in [0.29, 0.717) is 19.8 Å². The summed E-state index contributed by atoms with van der Waals surface area (Å²) in [5.41, 5.74) is 6.61. The van der Waals surface area contributed by atoms with Crippen LogP contribution in [0.4, 0.5) is 0 Å². The second kappa shape index (κ2) is 11.9. The van der Waals surface area contributed by atoms with E-state index in [2.05, 4.69) is 24.5 Å². The van der Waals surface area contributed by atoms with Crippen LogP contribution in [0.1, 0.15) is 31.7 Å². The third-order valence-electron chi connectivity index (χ3n) is 5.19. The number of ether oxygens (including phenoxy) is 1. The number of rotatable bonds is 12. The van der Waals surface area contributed by atoms with Gasteiger partial charge in [0.25, 0.3) is 0 Å². The topological polar surface area (TPSA) is 92.9 Å². The Bertz CT molecular complexity index is 735. The number of amides is 1. The zero-order valence-corrected chi connectivity index (χ0v) is 18.8. The standard InChI is InChI=1S/C20H33N3O4S2/c1-2-3-4-5-17-6-8-18(9-7-17)29(25,26)23(19(16-28)20(21)24)11-10-22-12-14-27-15-13-22/h6-9,19,28H,2-5,10-16H2,1H3,(H2,21,24)/t19-/m0/s1. The first-order valence-electron chi connectivity index (χ1n) is 10.2. The van der Waals surface area contributed by atoms with Gasteiger partial charge in [-0.2, -0.15) is 16.9 Å². The molecule has 1 fully saturated rings. The van der Waals surface area contributed by atoms with Crippen LogP contribution in [-0.4, -0.2) is 74.7 Å². The number of hydrogen-bond acceptors (Lipinski definition) is 6. The van der Waals surface area contributed by atoms with Crippen molar-refractivity contribution < 1.29 is 17.9 Å². The second-order valence-electron chi connectivity index (χ2n) is 7.27. The monoisotopic (exact) mass is 443 g/mol. The molecule has 0 unspecified atom stereocenters. The maximum Gasteiger partial charge on any atom is 0.243 e. The molecule has 0 bridgehead atoms. The molecule has 0 aromatic heterocycles. The number of morpholine rings is 1. The Balaban J connectivity index is 2.18. The molecule has 2 rings (SSSR count). The number of carbonyl (C=O) groups excluding carboxylic acids is 1. The molecule has 0 spiro atoms. The first-order chi connectivity index (χ1) is 13.9. The lowest BCUT2D eigenvalue weighted by Gasteiger charge is -2.32. The lowest BCUT2D eigenvalue weighted by atomic mass is 10.1. The number of primary amides is 1. The first-order valence-corrected chi connectivity index (χ1v) is 12.3. The predicted molar refractivity (Wildman–Crippen MR) is 118 cm³/mol. The third kappa shape index (κ3) is 6.96. The van der Waals surface area contributed by atoms with Crippen molar-refractivity contribution in [2.75, 3.05) is 45.1 Å². The maximum absolute atomic E-state index is 13.3. The van der Waals surface area contributed by atoms with Crippen LogP contribution in [0, 0.1) is 0 Å². The van der Waals surface area contributed by atoms with E-state index >= 15 is 0 Å². The number of aryl methyl sites for hydroxylation is 1. The van der Waals surface area contributed by atoms with Gasteiger partial charge in [-0.3, -0.25) is 9.69 Å². The summed E-state index contributed by atoms with van der Waals surface area (Å²) in [4.78, 5) is 14.2. The Morgan fingerprint density at radius 3 is 2.45 bits per heavy atom. The molecule has 0 aliphatic carbocycles. The first kappa shape index (κ1) is 24.1. The van der Waals surface area contributed by atoms with Gasteiger partial charge in [-0.15, -0.1) is 0 Å². The number of thiol groups is 1. The van der Waals surface area contributed by atoms with Crippen molar-refractivity contribution in [1.29, 1.82) is 0 Å². The van der Waals surface area contributed by atoms with E-state index < -0.39 is 22.0 Å². The van der Waals surface area contributed by atoms with Gasteiger partial charge in [0, 0.05) is 31.9 Å². The van der Waals surface area contributed by atoms with Crippen molar-refractivity contribution >= 4 is 28.6 Å². The highest BCUT2D eigenvalue weighted by Gasteiger charge is 2.34. The van der Waals surface area contributed by atoms with Crippen LogP contribution in [0.5, 0.6) is 0 Å². The lowest BCUT2D eigenvalue weighted by Crippen LogP contribution is -2.52. The molecule has 2 N–H and O–H groups in total. The Hall–Kier alpha value is -1.13. The summed E-state index contributed by atoms with van der Waals surface area (Å²) >= 11 is 4.18. The summed E-state index contributed by atoms with van der Waals surface area (Å²) in [6.07, 6.45) is 4.30. The van der Waals surface area contributed by atoms with Crippen LogP contribution < -0.4 is 5.73 Å². The fraction of sp³-hybridized carbons (Fsp3) is 0.650. The van der Waals surface area contributed by atoms with Crippen molar-refractivity contribution in [3.05, 3.63) is 29.8 Å². The Morgan fingerprint density at radius 2 is 1.90 bits per heavy atom. The molecule has 1 atom stereocenters. The van der Waals surface area contributed by atoms with Crippen molar-refractivity contribution in [3.8, 4) is 0 Å². The number of sulfonamides is 1. The summed E-state index contributed by atoms with van der Waals surface area (Å²) in [7, 11) is -3.87. The van der Waals surface area contributed by atoms with Gasteiger partial charge >= 0.3 is 0 Å². The minimum Gasteiger partial charge on any atom is -0.379 e. The highest BCUT2D eigenvalue weighted by Crippen LogP contribution is 2.21. The fourth-order valence-corrected chi connectivity index (χ4v) is 5.45. The van der Waals surface area contributed by atoms with Gasteiger partial charge in [0.05, 0.1) is 18.1 Å². The normalized spacial score (nSPS) is 16.8. The Morgan fingerprint density at radius 1 is 1.24 bits per heavy atom. The zero-order chi connectivity index (χ0) is 21.3. The minimum absolute atomic E-state index is 0.0345. The van der Waals surface area contributed by atoms with Crippen LogP contribution in [-0.2, 0) is 26.0 Å². The van der Waals surface area contributed by atoms with Crippen LogP contribution in [0.2, 0.25) is 0 Å². The highest BCUT2D eigenvalue weighted by atomic mass is 32.2. The molecule has 29 heavy (non-hydrogen) atoms. The molecule has 9 heteroatoms.